The molecule has 0 atom stereocenters. The van der Waals surface area contributed by atoms with Gasteiger partial charge in [-0.3, -0.25) is 15.0 Å². The number of hydrogen-bond acceptors (Lipinski definition) is 3. The van der Waals surface area contributed by atoms with Crippen LogP contribution in [0.15, 0.2) is 57.6 Å². The Morgan fingerprint density at radius 1 is 1.00 bits per heavy atom. The smallest absolute Gasteiger partial charge is 0.129 e. The fraction of sp³-hybridized carbons (Fsp3) is 0.440. The number of rotatable bonds is 9. The summed E-state index contributed by atoms with van der Waals surface area (Å²) in [5.41, 5.74) is 15.8. The zero-order valence-corrected chi connectivity index (χ0v) is 19.7. The Kier molecular flexibility index (Phi) is 12.5. The second-order valence-corrected chi connectivity index (χ2v) is 6.89. The van der Waals surface area contributed by atoms with Gasteiger partial charge in [0.25, 0.3) is 0 Å². The van der Waals surface area contributed by atoms with Gasteiger partial charge in [0.2, 0.25) is 0 Å². The number of nitrogens with zero attached hydrogens (tertiary/aromatic N) is 4. The molecule has 2 aromatic rings. The zero-order chi connectivity index (χ0) is 23.1. The summed E-state index contributed by atoms with van der Waals surface area (Å²) >= 11 is 0. The van der Waals surface area contributed by atoms with Gasteiger partial charge in [0.05, 0.1) is 5.69 Å². The second kappa shape index (κ2) is 14.9. The lowest BCUT2D eigenvalue weighted by Gasteiger charge is -2.09. The van der Waals surface area contributed by atoms with Crippen molar-refractivity contribution < 1.29 is 0 Å². The highest BCUT2D eigenvalue weighted by Crippen LogP contribution is 2.22. The molecule has 0 saturated heterocycles. The van der Waals surface area contributed by atoms with Crippen LogP contribution in [-0.2, 0) is 6.42 Å². The van der Waals surface area contributed by atoms with Gasteiger partial charge < -0.3 is 11.5 Å². The van der Waals surface area contributed by atoms with E-state index in [9.17, 15) is 0 Å². The molecular weight excluding hydrogens is 384 g/mol. The lowest BCUT2D eigenvalue weighted by atomic mass is 10.0. The molecule has 0 amide bonds. The van der Waals surface area contributed by atoms with Gasteiger partial charge in [-0.15, -0.1) is 0 Å². The van der Waals surface area contributed by atoms with Crippen LogP contribution in [0.5, 0.6) is 0 Å². The lowest BCUT2D eigenvalue weighted by Crippen LogP contribution is -2.15. The molecule has 0 aliphatic carbocycles. The number of unbranched alkanes of at least 4 members (excludes halogenated alkanes) is 1. The topological polar surface area (TPSA) is 102 Å². The average molecular weight is 423 g/mol. The maximum Gasteiger partial charge on any atom is 0.129 e. The van der Waals surface area contributed by atoms with E-state index in [2.05, 4.69) is 39.9 Å². The van der Waals surface area contributed by atoms with Gasteiger partial charge in [-0.25, -0.2) is 4.99 Å². The summed E-state index contributed by atoms with van der Waals surface area (Å²) in [7, 11) is 1.69. The molecular formula is C25H38N6. The molecule has 6 heteroatoms. The van der Waals surface area contributed by atoms with Gasteiger partial charge in [0.1, 0.15) is 17.5 Å². The van der Waals surface area contributed by atoms with Crippen LogP contribution in [0.3, 0.4) is 0 Å². The number of hydrogen-bond donors (Lipinski definition) is 2. The SMILES string of the molecule is CC.CCCCN=C(Cc1ccc(-c2ccccc2C(N)=NC)nc1)N=C(N)CCC. The molecule has 2 rings (SSSR count). The van der Waals surface area contributed by atoms with Crippen LogP contribution in [0, 0.1) is 0 Å². The molecule has 0 aliphatic heterocycles. The Morgan fingerprint density at radius 2 is 1.74 bits per heavy atom. The third-order valence-electron chi connectivity index (χ3n) is 4.49. The van der Waals surface area contributed by atoms with E-state index in [1.165, 1.54) is 0 Å². The minimum Gasteiger partial charge on any atom is -0.387 e. The molecule has 0 saturated carbocycles. The number of aliphatic imine (C=N–C) groups is 3. The van der Waals surface area contributed by atoms with Crippen molar-refractivity contribution in [2.75, 3.05) is 13.6 Å². The summed E-state index contributed by atoms with van der Waals surface area (Å²) in [6.45, 7) is 9.01. The minimum absolute atomic E-state index is 0.498. The number of amidine groups is 3. The van der Waals surface area contributed by atoms with Crippen LogP contribution in [0.2, 0.25) is 0 Å². The first kappa shape index (κ1) is 26.0. The molecule has 0 bridgehead atoms. The van der Waals surface area contributed by atoms with E-state index in [-0.39, 0.29) is 0 Å². The lowest BCUT2D eigenvalue weighted by molar-refractivity contribution is 0.805. The fourth-order valence-electron chi connectivity index (χ4n) is 2.90. The Morgan fingerprint density at radius 3 is 2.35 bits per heavy atom. The van der Waals surface area contributed by atoms with E-state index in [0.29, 0.717) is 18.1 Å². The minimum atomic E-state index is 0.498. The number of aromatic nitrogens is 1. The van der Waals surface area contributed by atoms with Crippen molar-refractivity contribution in [3.63, 3.8) is 0 Å². The van der Waals surface area contributed by atoms with Crippen LogP contribution in [0.4, 0.5) is 0 Å². The molecule has 31 heavy (non-hydrogen) atoms. The van der Waals surface area contributed by atoms with Crippen LogP contribution in [0.1, 0.15) is 64.5 Å². The van der Waals surface area contributed by atoms with Crippen molar-refractivity contribution in [1.82, 2.24) is 4.98 Å². The Bertz CT molecular complexity index is 866. The summed E-state index contributed by atoms with van der Waals surface area (Å²) in [4.78, 5) is 17.9. The molecule has 1 aromatic heterocycles. The largest absolute Gasteiger partial charge is 0.387 e. The van der Waals surface area contributed by atoms with Crippen LogP contribution in [-0.4, -0.2) is 36.1 Å². The number of nitrogens with two attached hydrogens (primary N) is 2. The van der Waals surface area contributed by atoms with Gasteiger partial charge in [-0.2, -0.15) is 0 Å². The third-order valence-corrected chi connectivity index (χ3v) is 4.49. The second-order valence-electron chi connectivity index (χ2n) is 6.89. The van der Waals surface area contributed by atoms with Crippen molar-refractivity contribution in [1.29, 1.82) is 0 Å². The van der Waals surface area contributed by atoms with E-state index >= 15 is 0 Å². The predicted octanol–water partition coefficient (Wildman–Crippen LogP) is 5.01. The molecule has 0 spiro atoms. The number of pyridine rings is 1. The molecule has 0 fully saturated rings. The Hall–Kier alpha value is -3.02. The van der Waals surface area contributed by atoms with Crippen LogP contribution >= 0.6 is 0 Å². The monoisotopic (exact) mass is 422 g/mol. The summed E-state index contributed by atoms with van der Waals surface area (Å²) in [5.74, 6) is 1.90. The van der Waals surface area contributed by atoms with Gasteiger partial charge in [-0.1, -0.05) is 64.4 Å². The van der Waals surface area contributed by atoms with E-state index < -0.39 is 0 Å². The molecule has 4 N–H and O–H groups in total. The van der Waals surface area contributed by atoms with E-state index in [4.69, 9.17) is 11.5 Å². The first-order valence-electron chi connectivity index (χ1n) is 11.2. The first-order valence-corrected chi connectivity index (χ1v) is 11.2. The highest BCUT2D eigenvalue weighted by molar-refractivity contribution is 6.03. The van der Waals surface area contributed by atoms with Crippen molar-refractivity contribution in [2.45, 2.75) is 59.8 Å². The van der Waals surface area contributed by atoms with Crippen molar-refractivity contribution in [3.8, 4) is 11.3 Å². The third kappa shape index (κ3) is 8.70. The van der Waals surface area contributed by atoms with Gasteiger partial charge in [0, 0.05) is 43.8 Å². The average Bonchev–Trinajstić information content (AvgIpc) is 2.80. The van der Waals surface area contributed by atoms with Gasteiger partial charge in [-0.05, 0) is 24.5 Å². The molecule has 1 aromatic carbocycles. The zero-order valence-electron chi connectivity index (χ0n) is 19.7. The highest BCUT2D eigenvalue weighted by atomic mass is 15.0. The van der Waals surface area contributed by atoms with E-state index in [0.717, 1.165) is 60.4 Å². The number of benzene rings is 1. The maximum atomic E-state index is 6.04. The van der Waals surface area contributed by atoms with Gasteiger partial charge in [0.15, 0.2) is 0 Å². The predicted molar refractivity (Wildman–Crippen MR) is 135 cm³/mol. The Balaban J connectivity index is 0.00000233. The van der Waals surface area contributed by atoms with Crippen LogP contribution < -0.4 is 11.5 Å². The van der Waals surface area contributed by atoms with Gasteiger partial charge >= 0.3 is 0 Å². The van der Waals surface area contributed by atoms with E-state index in [1.54, 1.807) is 7.05 Å². The standard InChI is InChI=1S/C23H32N6.C2H6/c1-4-6-14-27-22(29-21(24)9-5-2)15-17-12-13-20(28-16-17)18-10-7-8-11-19(18)23(25)26-3;1-2/h7-8,10-13,16H,4-6,9,14-15H2,1-3H3,(H2,25,26)(H2,24,27,29);1-2H3. The normalized spacial score (nSPS) is 12.4. The summed E-state index contributed by atoms with van der Waals surface area (Å²) in [5, 5.41) is 0. The molecule has 0 radical (unpaired) electrons. The quantitative estimate of drug-likeness (QED) is 0.337. The molecule has 0 aliphatic rings. The van der Waals surface area contributed by atoms with E-state index in [1.807, 2.05) is 50.4 Å². The molecule has 168 valence electrons. The summed E-state index contributed by atoms with van der Waals surface area (Å²) in [6, 6.07) is 11.9. The molecule has 1 heterocycles. The summed E-state index contributed by atoms with van der Waals surface area (Å²) < 4.78 is 0. The highest BCUT2D eigenvalue weighted by Gasteiger charge is 2.09. The van der Waals surface area contributed by atoms with Crippen molar-refractivity contribution >= 4 is 17.5 Å². The first-order chi connectivity index (χ1) is 15.1. The van der Waals surface area contributed by atoms with Crippen LogP contribution in [0.25, 0.3) is 11.3 Å². The summed E-state index contributed by atoms with van der Waals surface area (Å²) in [6.07, 6.45) is 6.37. The Labute approximate surface area is 187 Å². The van der Waals surface area contributed by atoms with Crippen molar-refractivity contribution in [3.05, 3.63) is 53.7 Å². The van der Waals surface area contributed by atoms with Crippen molar-refractivity contribution in [2.24, 2.45) is 26.4 Å². The fourth-order valence-corrected chi connectivity index (χ4v) is 2.90. The maximum absolute atomic E-state index is 6.04. The molecule has 6 nitrogen and oxygen atoms in total. The molecule has 0 unspecified atom stereocenters.